The smallest absolute Gasteiger partial charge is 0.209 e. The zero-order valence-corrected chi connectivity index (χ0v) is 18.4. The lowest BCUT2D eigenvalue weighted by atomic mass is 9.79. The molecule has 5 nitrogen and oxygen atoms in total. The molecule has 0 aromatic heterocycles. The Morgan fingerprint density at radius 3 is 2.63 bits per heavy atom. The van der Waals surface area contributed by atoms with E-state index >= 15 is 0 Å². The number of ether oxygens (including phenoxy) is 2. The molecule has 0 bridgehead atoms. The van der Waals surface area contributed by atoms with Crippen molar-refractivity contribution in [3.8, 4) is 0 Å². The van der Waals surface area contributed by atoms with E-state index in [9.17, 15) is 14.7 Å². The lowest BCUT2D eigenvalue weighted by molar-refractivity contribution is -0.224. The SMILES string of the molecule is C=C(C)C(=O)CC/C(C)=C/[C@@H]1CC(C)=C[C@]2(C=C(CO)[C@H]3CC(=O)C(C)=C[C@H]3O2)O1. The number of aliphatic hydroxyl groups is 1. The molecule has 30 heavy (non-hydrogen) atoms. The minimum Gasteiger partial charge on any atom is -0.392 e. The Balaban J connectivity index is 1.82. The minimum atomic E-state index is -1.06. The van der Waals surface area contributed by atoms with E-state index in [0.29, 0.717) is 30.4 Å². The van der Waals surface area contributed by atoms with Gasteiger partial charge in [0.05, 0.1) is 18.8 Å². The summed E-state index contributed by atoms with van der Waals surface area (Å²) in [6, 6.07) is 0. The summed E-state index contributed by atoms with van der Waals surface area (Å²) in [5, 5.41) is 9.96. The van der Waals surface area contributed by atoms with E-state index in [1.165, 1.54) is 0 Å². The maximum Gasteiger partial charge on any atom is 0.209 e. The number of carbonyl (C=O) groups excluding carboxylic acids is 2. The number of Topliss-reactive ketones (excluding diaryl/α,β-unsaturated/α-hetero) is 2. The van der Waals surface area contributed by atoms with Gasteiger partial charge >= 0.3 is 0 Å². The number of rotatable bonds is 6. The first-order chi connectivity index (χ1) is 14.1. The van der Waals surface area contributed by atoms with Crippen LogP contribution in [0.3, 0.4) is 0 Å². The highest BCUT2D eigenvalue weighted by molar-refractivity contribution is 5.96. The summed E-state index contributed by atoms with van der Waals surface area (Å²) in [5.41, 5.74) is 4.26. The van der Waals surface area contributed by atoms with E-state index in [4.69, 9.17) is 9.47 Å². The fourth-order valence-corrected chi connectivity index (χ4v) is 4.35. The van der Waals surface area contributed by atoms with Gasteiger partial charge in [-0.05, 0) is 75.5 Å². The molecule has 5 heteroatoms. The molecular weight excluding hydrogens is 380 g/mol. The molecule has 0 unspecified atom stereocenters. The maximum absolute atomic E-state index is 12.1. The van der Waals surface area contributed by atoms with Gasteiger partial charge in [0.2, 0.25) is 5.79 Å². The normalized spacial score (nSPS) is 31.6. The number of fused-ring (bicyclic) bond motifs is 1. The summed E-state index contributed by atoms with van der Waals surface area (Å²) in [6.07, 6.45) is 9.37. The summed E-state index contributed by atoms with van der Waals surface area (Å²) in [7, 11) is 0. The lowest BCUT2D eigenvalue weighted by Crippen LogP contribution is -2.49. The van der Waals surface area contributed by atoms with Gasteiger partial charge in [-0.25, -0.2) is 0 Å². The predicted octanol–water partition coefficient (Wildman–Crippen LogP) is 4.14. The summed E-state index contributed by atoms with van der Waals surface area (Å²) in [6.45, 7) is 11.1. The van der Waals surface area contributed by atoms with Gasteiger partial charge in [-0.1, -0.05) is 23.8 Å². The number of hydrogen-bond acceptors (Lipinski definition) is 5. The maximum atomic E-state index is 12.1. The Kier molecular flexibility index (Phi) is 6.75. The Morgan fingerprint density at radius 1 is 1.23 bits per heavy atom. The quantitative estimate of drug-likeness (QED) is 0.524. The van der Waals surface area contributed by atoms with Gasteiger partial charge in [-0.3, -0.25) is 9.59 Å². The third-order valence-corrected chi connectivity index (χ3v) is 6.02. The Bertz CT molecular complexity index is 872. The van der Waals surface area contributed by atoms with Crippen LogP contribution in [0.5, 0.6) is 0 Å². The van der Waals surface area contributed by atoms with Crippen LogP contribution in [0.4, 0.5) is 0 Å². The lowest BCUT2D eigenvalue weighted by Gasteiger charge is -2.45. The van der Waals surface area contributed by atoms with Crippen LogP contribution in [0, 0.1) is 5.92 Å². The van der Waals surface area contributed by atoms with Crippen molar-refractivity contribution >= 4 is 11.6 Å². The van der Waals surface area contributed by atoms with Crippen molar-refractivity contribution in [2.24, 2.45) is 5.92 Å². The Labute approximate surface area is 178 Å². The molecule has 1 N–H and O–H groups in total. The van der Waals surface area contributed by atoms with E-state index in [-0.39, 0.29) is 36.3 Å². The Hall–Kier alpha value is -2.08. The van der Waals surface area contributed by atoms with Crippen molar-refractivity contribution in [1.29, 1.82) is 0 Å². The van der Waals surface area contributed by atoms with Crippen LogP contribution in [0.15, 0.2) is 58.7 Å². The van der Waals surface area contributed by atoms with Crippen molar-refractivity contribution < 1.29 is 24.2 Å². The molecule has 0 saturated carbocycles. The van der Waals surface area contributed by atoms with Crippen LogP contribution in [0.25, 0.3) is 0 Å². The molecule has 1 aliphatic carbocycles. The van der Waals surface area contributed by atoms with E-state index in [2.05, 4.69) is 12.7 Å². The molecule has 0 aromatic rings. The van der Waals surface area contributed by atoms with Gasteiger partial charge in [0.1, 0.15) is 0 Å². The molecule has 4 atom stereocenters. The first-order valence-electron chi connectivity index (χ1n) is 10.6. The molecule has 0 aromatic carbocycles. The van der Waals surface area contributed by atoms with Gasteiger partial charge in [0.25, 0.3) is 0 Å². The summed E-state index contributed by atoms with van der Waals surface area (Å²) < 4.78 is 12.7. The third kappa shape index (κ3) is 4.97. The largest absolute Gasteiger partial charge is 0.392 e. The van der Waals surface area contributed by atoms with Gasteiger partial charge in [-0.2, -0.15) is 0 Å². The Morgan fingerprint density at radius 2 is 1.97 bits per heavy atom. The van der Waals surface area contributed by atoms with Crippen LogP contribution in [-0.4, -0.2) is 41.3 Å². The molecule has 0 amide bonds. The van der Waals surface area contributed by atoms with Gasteiger partial charge in [0, 0.05) is 18.8 Å². The third-order valence-electron chi connectivity index (χ3n) is 6.02. The minimum absolute atomic E-state index is 0.0750. The average molecular weight is 413 g/mol. The molecular formula is C25H32O5. The van der Waals surface area contributed by atoms with E-state index in [1.807, 2.05) is 32.1 Å². The molecule has 2 heterocycles. The average Bonchev–Trinajstić information content (AvgIpc) is 2.66. The summed E-state index contributed by atoms with van der Waals surface area (Å²) >= 11 is 0. The number of carbonyl (C=O) groups is 2. The number of allylic oxidation sites excluding steroid dienone is 3. The van der Waals surface area contributed by atoms with Crippen LogP contribution >= 0.6 is 0 Å². The molecule has 3 aliphatic rings. The van der Waals surface area contributed by atoms with Crippen LogP contribution in [0.1, 0.15) is 53.4 Å². The molecule has 0 radical (unpaired) electrons. The van der Waals surface area contributed by atoms with Gasteiger partial charge < -0.3 is 14.6 Å². The molecule has 2 aliphatic heterocycles. The van der Waals surface area contributed by atoms with Gasteiger partial charge in [0.15, 0.2) is 11.6 Å². The zero-order chi connectivity index (χ0) is 22.1. The van der Waals surface area contributed by atoms with E-state index in [1.54, 1.807) is 13.8 Å². The zero-order valence-electron chi connectivity index (χ0n) is 18.4. The second-order valence-electron chi connectivity index (χ2n) is 8.83. The van der Waals surface area contributed by atoms with Crippen molar-refractivity contribution in [2.45, 2.75) is 71.4 Å². The number of hydrogen-bond donors (Lipinski definition) is 1. The second-order valence-corrected chi connectivity index (χ2v) is 8.83. The van der Waals surface area contributed by atoms with Crippen molar-refractivity contribution in [2.75, 3.05) is 6.61 Å². The summed E-state index contributed by atoms with van der Waals surface area (Å²) in [4.78, 5) is 24.0. The van der Waals surface area contributed by atoms with Crippen LogP contribution in [0.2, 0.25) is 0 Å². The van der Waals surface area contributed by atoms with E-state index in [0.717, 1.165) is 23.1 Å². The van der Waals surface area contributed by atoms with Crippen molar-refractivity contribution in [3.05, 3.63) is 58.7 Å². The fourth-order valence-electron chi connectivity index (χ4n) is 4.35. The standard InChI is InChI=1S/C25H32O5/c1-15(2)22(27)7-6-16(3)8-20-9-17(4)12-25(29-20)13-19(14-26)21-11-23(28)18(5)10-24(21)30-25/h8,10,12-13,20-21,24,26H,1,6-7,9,11,14H2,2-5H3/b16-8+/t20-,21-,24-,25+/m1/s1. The van der Waals surface area contributed by atoms with Crippen LogP contribution < -0.4 is 0 Å². The summed E-state index contributed by atoms with van der Waals surface area (Å²) in [5.74, 6) is -1.05. The van der Waals surface area contributed by atoms with Crippen LogP contribution in [-0.2, 0) is 19.1 Å². The first kappa shape index (κ1) is 22.6. The monoisotopic (exact) mass is 412 g/mol. The van der Waals surface area contributed by atoms with E-state index < -0.39 is 5.79 Å². The molecule has 0 saturated heterocycles. The molecule has 3 rings (SSSR count). The highest BCUT2D eigenvalue weighted by atomic mass is 16.7. The highest BCUT2D eigenvalue weighted by Gasteiger charge is 2.45. The number of aliphatic hydroxyl groups excluding tert-OH is 1. The second kappa shape index (κ2) is 8.96. The predicted molar refractivity (Wildman–Crippen MR) is 116 cm³/mol. The molecule has 0 fully saturated rings. The number of ketones is 2. The molecule has 162 valence electrons. The van der Waals surface area contributed by atoms with Crippen molar-refractivity contribution in [1.82, 2.24) is 0 Å². The van der Waals surface area contributed by atoms with Crippen molar-refractivity contribution in [3.63, 3.8) is 0 Å². The fraction of sp³-hybridized carbons (Fsp3) is 0.520. The van der Waals surface area contributed by atoms with Gasteiger partial charge in [-0.15, -0.1) is 0 Å². The topological polar surface area (TPSA) is 72.8 Å². The molecule has 1 spiro atoms. The first-order valence-corrected chi connectivity index (χ1v) is 10.6. The highest BCUT2D eigenvalue weighted by Crippen LogP contribution is 2.42.